The fourth-order valence-electron chi connectivity index (χ4n) is 3.52. The second kappa shape index (κ2) is 9.48. The van der Waals surface area contributed by atoms with Crippen LogP contribution in [0.5, 0.6) is 0 Å². The van der Waals surface area contributed by atoms with E-state index in [1.54, 1.807) is 12.1 Å². The number of carboxylic acid groups (broad SMARTS) is 1. The Kier molecular flexibility index (Phi) is 6.79. The van der Waals surface area contributed by atoms with Crippen LogP contribution in [-0.4, -0.2) is 28.6 Å². The highest BCUT2D eigenvalue weighted by Gasteiger charge is 2.20. The van der Waals surface area contributed by atoms with Gasteiger partial charge in [0.05, 0.1) is 0 Å². The van der Waals surface area contributed by atoms with Crippen LogP contribution in [0.3, 0.4) is 0 Å². The molecule has 3 aromatic rings. The Hall–Kier alpha value is -2.70. The zero-order valence-electron chi connectivity index (χ0n) is 15.7. The predicted molar refractivity (Wildman–Crippen MR) is 109 cm³/mol. The number of benzene rings is 2. The van der Waals surface area contributed by atoms with Crippen molar-refractivity contribution in [1.29, 1.82) is 0 Å². The molecule has 0 bridgehead atoms. The van der Waals surface area contributed by atoms with E-state index in [0.717, 1.165) is 34.9 Å². The maximum Gasteiger partial charge on any atom is 0.303 e. The number of aliphatic carboxylic acids is 1. The predicted octanol–water partition coefficient (Wildman–Crippen LogP) is 3.76. The van der Waals surface area contributed by atoms with Crippen LogP contribution in [0.4, 0.5) is 4.39 Å². The molecule has 6 heteroatoms. The number of aryl methyl sites for hydroxylation is 1. The van der Waals surface area contributed by atoms with Crippen LogP contribution in [0.1, 0.15) is 36.4 Å². The van der Waals surface area contributed by atoms with Crippen molar-refractivity contribution in [3.8, 4) is 0 Å². The molecule has 1 heterocycles. The first kappa shape index (κ1) is 20.0. The first-order chi connectivity index (χ1) is 13.6. The summed E-state index contributed by atoms with van der Waals surface area (Å²) in [6, 6.07) is 14.4. The summed E-state index contributed by atoms with van der Waals surface area (Å²) in [6.45, 7) is 0.438. The van der Waals surface area contributed by atoms with Crippen LogP contribution >= 0.6 is 0 Å². The Morgan fingerprint density at radius 2 is 1.89 bits per heavy atom. The van der Waals surface area contributed by atoms with Gasteiger partial charge in [0.1, 0.15) is 5.82 Å². The molecule has 0 aliphatic rings. The van der Waals surface area contributed by atoms with Gasteiger partial charge in [-0.15, -0.1) is 0 Å². The normalized spacial score (nSPS) is 13.5. The lowest BCUT2D eigenvalue weighted by molar-refractivity contribution is -0.137. The first-order valence-corrected chi connectivity index (χ1v) is 9.55. The van der Waals surface area contributed by atoms with Crippen molar-refractivity contribution in [3.63, 3.8) is 0 Å². The number of hydrogen-bond acceptors (Lipinski definition) is 3. The smallest absolute Gasteiger partial charge is 0.303 e. The van der Waals surface area contributed by atoms with E-state index < -0.39 is 5.97 Å². The zero-order chi connectivity index (χ0) is 19.9. The minimum absolute atomic E-state index is 0.0255. The quantitative estimate of drug-likeness (QED) is 0.429. The summed E-state index contributed by atoms with van der Waals surface area (Å²) < 4.78 is 13.1. The lowest BCUT2D eigenvalue weighted by Gasteiger charge is -2.25. The maximum absolute atomic E-state index is 13.1. The van der Waals surface area contributed by atoms with Gasteiger partial charge >= 0.3 is 5.97 Å². The number of nitrogens with two attached hydrogens (primary N) is 1. The maximum atomic E-state index is 13.1. The number of rotatable bonds is 10. The van der Waals surface area contributed by atoms with Gasteiger partial charge in [-0.05, 0) is 48.6 Å². The van der Waals surface area contributed by atoms with E-state index in [1.807, 2.05) is 30.5 Å². The van der Waals surface area contributed by atoms with Gasteiger partial charge in [-0.3, -0.25) is 4.79 Å². The fourth-order valence-corrected chi connectivity index (χ4v) is 3.52. The number of H-pyrrole nitrogens is 1. The number of aromatic nitrogens is 1. The summed E-state index contributed by atoms with van der Waals surface area (Å²) in [7, 11) is 0. The average molecular weight is 383 g/mol. The van der Waals surface area contributed by atoms with Crippen molar-refractivity contribution in [2.24, 2.45) is 5.73 Å². The van der Waals surface area contributed by atoms with Crippen LogP contribution in [0, 0.1) is 5.82 Å². The number of para-hydroxylation sites is 1. The molecule has 28 heavy (non-hydrogen) atoms. The third-order valence-electron chi connectivity index (χ3n) is 5.06. The minimum Gasteiger partial charge on any atom is -0.481 e. The Bertz CT molecular complexity index is 908. The molecule has 1 aromatic heterocycles. The van der Waals surface area contributed by atoms with E-state index in [2.05, 4.69) is 10.3 Å². The van der Waals surface area contributed by atoms with Crippen molar-refractivity contribution >= 4 is 16.9 Å². The molecule has 0 saturated heterocycles. The van der Waals surface area contributed by atoms with Crippen molar-refractivity contribution in [2.75, 3.05) is 6.54 Å². The van der Waals surface area contributed by atoms with Crippen LogP contribution in [0.25, 0.3) is 10.9 Å². The molecule has 5 nitrogen and oxygen atoms in total. The van der Waals surface area contributed by atoms with Gasteiger partial charge in [-0.1, -0.05) is 30.3 Å². The van der Waals surface area contributed by atoms with Gasteiger partial charge in [0, 0.05) is 42.1 Å². The van der Waals surface area contributed by atoms with Crippen LogP contribution in [-0.2, 0) is 11.2 Å². The first-order valence-electron chi connectivity index (χ1n) is 9.55. The summed E-state index contributed by atoms with van der Waals surface area (Å²) in [5.74, 6) is -1.06. The third-order valence-corrected chi connectivity index (χ3v) is 5.06. The molecular weight excluding hydrogens is 357 g/mol. The van der Waals surface area contributed by atoms with Crippen LogP contribution in [0.2, 0.25) is 0 Å². The molecule has 0 fully saturated rings. The number of aromatic amines is 1. The summed E-state index contributed by atoms with van der Waals surface area (Å²) >= 11 is 0. The second-order valence-corrected chi connectivity index (χ2v) is 7.04. The molecule has 0 spiro atoms. The van der Waals surface area contributed by atoms with Gasteiger partial charge in [0.2, 0.25) is 0 Å². The molecule has 148 valence electrons. The Balaban J connectivity index is 1.73. The molecule has 3 rings (SSSR count). The van der Waals surface area contributed by atoms with Crippen molar-refractivity contribution in [2.45, 2.75) is 37.8 Å². The highest BCUT2D eigenvalue weighted by molar-refractivity contribution is 5.83. The Labute approximate surface area is 163 Å². The van der Waals surface area contributed by atoms with Crippen LogP contribution < -0.4 is 11.1 Å². The number of hydrogen-bond donors (Lipinski definition) is 4. The van der Waals surface area contributed by atoms with Gasteiger partial charge in [0.15, 0.2) is 0 Å². The number of carboxylic acids is 1. The SMILES string of the molecule is NCC(CCc1ccc(F)cc1)N[C@@H](CCC(=O)O)c1c[nH]c2ccccc12. The number of carbonyl (C=O) groups is 1. The molecule has 2 aromatic carbocycles. The van der Waals surface area contributed by atoms with E-state index in [1.165, 1.54) is 12.1 Å². The molecule has 2 atom stereocenters. The van der Waals surface area contributed by atoms with Crippen molar-refractivity contribution in [3.05, 3.63) is 71.7 Å². The van der Waals surface area contributed by atoms with E-state index in [9.17, 15) is 9.18 Å². The lowest BCUT2D eigenvalue weighted by Crippen LogP contribution is -2.39. The minimum atomic E-state index is -0.817. The lowest BCUT2D eigenvalue weighted by atomic mass is 9.98. The molecule has 0 aliphatic carbocycles. The highest BCUT2D eigenvalue weighted by Crippen LogP contribution is 2.28. The molecule has 0 amide bonds. The van der Waals surface area contributed by atoms with Crippen molar-refractivity contribution in [1.82, 2.24) is 10.3 Å². The largest absolute Gasteiger partial charge is 0.481 e. The fraction of sp³-hybridized carbons (Fsp3) is 0.318. The topological polar surface area (TPSA) is 91.1 Å². The van der Waals surface area contributed by atoms with E-state index in [0.29, 0.717) is 13.0 Å². The second-order valence-electron chi connectivity index (χ2n) is 7.04. The van der Waals surface area contributed by atoms with Crippen LogP contribution in [0.15, 0.2) is 54.7 Å². The third kappa shape index (κ3) is 5.18. The molecule has 5 N–H and O–H groups in total. The number of halogens is 1. The van der Waals surface area contributed by atoms with Gasteiger partial charge < -0.3 is 21.1 Å². The number of fused-ring (bicyclic) bond motifs is 1. The molecule has 0 radical (unpaired) electrons. The monoisotopic (exact) mass is 383 g/mol. The summed E-state index contributed by atoms with van der Waals surface area (Å²) in [4.78, 5) is 14.4. The van der Waals surface area contributed by atoms with Crippen molar-refractivity contribution < 1.29 is 14.3 Å². The summed E-state index contributed by atoms with van der Waals surface area (Å²) in [6.07, 6.45) is 4.05. The van der Waals surface area contributed by atoms with Gasteiger partial charge in [-0.25, -0.2) is 4.39 Å². The van der Waals surface area contributed by atoms with E-state index in [4.69, 9.17) is 10.8 Å². The molecule has 0 aliphatic heterocycles. The number of nitrogens with one attached hydrogen (secondary N) is 2. The average Bonchev–Trinajstić information content (AvgIpc) is 3.13. The van der Waals surface area contributed by atoms with Gasteiger partial charge in [-0.2, -0.15) is 0 Å². The Morgan fingerprint density at radius 3 is 2.61 bits per heavy atom. The molecular formula is C22H26FN3O2. The molecule has 0 saturated carbocycles. The van der Waals surface area contributed by atoms with Gasteiger partial charge in [0.25, 0.3) is 0 Å². The Morgan fingerprint density at radius 1 is 1.14 bits per heavy atom. The highest BCUT2D eigenvalue weighted by atomic mass is 19.1. The van der Waals surface area contributed by atoms with E-state index >= 15 is 0 Å². The van der Waals surface area contributed by atoms with E-state index in [-0.39, 0.29) is 24.3 Å². The molecule has 1 unspecified atom stereocenters. The standard InChI is InChI=1S/C22H26FN3O2/c23-16-8-5-15(6-9-16)7-10-17(13-24)26-21(11-12-22(27)28)19-14-25-20-4-2-1-3-18(19)20/h1-6,8-9,14,17,21,25-26H,7,10-13,24H2,(H,27,28)/t17?,21-/m0/s1. The summed E-state index contributed by atoms with van der Waals surface area (Å²) in [5, 5.41) is 13.8. The zero-order valence-corrected chi connectivity index (χ0v) is 15.7. The summed E-state index contributed by atoms with van der Waals surface area (Å²) in [5.41, 5.74) is 9.11.